The van der Waals surface area contributed by atoms with Crippen LogP contribution in [0.3, 0.4) is 0 Å². The predicted molar refractivity (Wildman–Crippen MR) is 138 cm³/mol. The van der Waals surface area contributed by atoms with Crippen molar-refractivity contribution in [3.05, 3.63) is 76.4 Å². The van der Waals surface area contributed by atoms with Crippen molar-refractivity contribution in [2.24, 2.45) is 12.8 Å². The number of nitrogens with two attached hydrogens (primary N) is 1. The Morgan fingerprint density at radius 2 is 2.03 bits per heavy atom. The van der Waals surface area contributed by atoms with E-state index in [0.717, 1.165) is 30.8 Å². The van der Waals surface area contributed by atoms with Gasteiger partial charge in [0.25, 0.3) is 5.91 Å². The van der Waals surface area contributed by atoms with Gasteiger partial charge in [-0.1, -0.05) is 12.1 Å². The molecule has 11 heteroatoms. The smallest absolute Gasteiger partial charge is 0.379 e. The van der Waals surface area contributed by atoms with Gasteiger partial charge in [0.2, 0.25) is 0 Å². The molecule has 2 aromatic carbocycles. The summed E-state index contributed by atoms with van der Waals surface area (Å²) in [7, 11) is 1.88. The normalized spacial score (nSPS) is 21.2. The van der Waals surface area contributed by atoms with Gasteiger partial charge in [-0.05, 0) is 60.3 Å². The minimum absolute atomic E-state index is 0.0118. The number of benzene rings is 2. The summed E-state index contributed by atoms with van der Waals surface area (Å²) in [6, 6.07) is 10.3. The molecule has 4 heterocycles. The maximum absolute atomic E-state index is 14.2. The standard InChI is InChI=1S/C28H31F3N6O2/c1-35-17-33-34-25(35)11-27(15-39-16-27)19-4-2-6-21(10-19)37-14-23-22(26(37)38)8-18(9-24(23)28(29,30)31)12-36-7-3-5-20(32)13-36/h2,4,6,8-10,17,20H,3,5,7,11-16,32H2,1H3/t20-/m0/s1. The number of likely N-dealkylation sites (tertiary alicyclic amines) is 1. The van der Waals surface area contributed by atoms with Gasteiger partial charge in [0.15, 0.2) is 0 Å². The Balaban J connectivity index is 1.31. The number of hydrogen-bond acceptors (Lipinski definition) is 6. The number of alkyl halides is 3. The van der Waals surface area contributed by atoms with E-state index < -0.39 is 17.6 Å². The number of aryl methyl sites for hydroxylation is 1. The third-order valence-corrected chi connectivity index (χ3v) is 8.18. The van der Waals surface area contributed by atoms with Gasteiger partial charge in [-0.15, -0.1) is 10.2 Å². The number of amides is 1. The van der Waals surface area contributed by atoms with Gasteiger partial charge in [0.05, 0.1) is 25.3 Å². The summed E-state index contributed by atoms with van der Waals surface area (Å²) in [5.74, 6) is 0.391. The van der Waals surface area contributed by atoms with Crippen molar-refractivity contribution in [1.29, 1.82) is 0 Å². The summed E-state index contributed by atoms with van der Waals surface area (Å²) >= 11 is 0. The van der Waals surface area contributed by atoms with Crippen LogP contribution in [-0.4, -0.2) is 57.9 Å². The van der Waals surface area contributed by atoms with E-state index in [1.165, 1.54) is 11.0 Å². The second-order valence-electron chi connectivity index (χ2n) is 11.1. The number of anilines is 1. The van der Waals surface area contributed by atoms with Gasteiger partial charge in [0.1, 0.15) is 12.2 Å². The van der Waals surface area contributed by atoms with Gasteiger partial charge < -0.3 is 19.9 Å². The zero-order valence-electron chi connectivity index (χ0n) is 21.7. The van der Waals surface area contributed by atoms with Crippen molar-refractivity contribution in [3.63, 3.8) is 0 Å². The van der Waals surface area contributed by atoms with Crippen molar-refractivity contribution in [3.8, 4) is 0 Å². The van der Waals surface area contributed by atoms with E-state index in [9.17, 15) is 18.0 Å². The molecule has 2 fully saturated rings. The third kappa shape index (κ3) is 4.83. The Morgan fingerprint density at radius 3 is 2.69 bits per heavy atom. The molecule has 0 bridgehead atoms. The fourth-order valence-corrected chi connectivity index (χ4v) is 6.01. The summed E-state index contributed by atoms with van der Waals surface area (Å²) in [5.41, 5.74) is 7.14. The van der Waals surface area contributed by atoms with E-state index in [-0.39, 0.29) is 29.1 Å². The maximum Gasteiger partial charge on any atom is 0.416 e. The number of hydrogen-bond donors (Lipinski definition) is 1. The van der Waals surface area contributed by atoms with Gasteiger partial charge in [-0.2, -0.15) is 13.2 Å². The molecule has 8 nitrogen and oxygen atoms in total. The Labute approximate surface area is 224 Å². The highest BCUT2D eigenvalue weighted by Crippen LogP contribution is 2.41. The summed E-state index contributed by atoms with van der Waals surface area (Å²) in [6.07, 6.45) is -0.508. The van der Waals surface area contributed by atoms with E-state index in [0.29, 0.717) is 44.0 Å². The average molecular weight is 541 g/mol. The number of carbonyl (C=O) groups is 1. The predicted octanol–water partition coefficient (Wildman–Crippen LogP) is 3.43. The SMILES string of the molecule is Cn1cnnc1CC1(c2cccc(N3Cc4c(cc(CN5CCC[C@H](N)C5)cc4C(F)(F)F)C3=O)c2)COC1. The minimum atomic E-state index is -4.57. The van der Waals surface area contributed by atoms with Gasteiger partial charge >= 0.3 is 6.18 Å². The molecule has 1 atom stereocenters. The zero-order chi connectivity index (χ0) is 27.4. The molecule has 39 heavy (non-hydrogen) atoms. The van der Waals surface area contributed by atoms with Crippen LogP contribution in [0, 0.1) is 0 Å². The zero-order valence-corrected chi connectivity index (χ0v) is 21.7. The molecule has 0 spiro atoms. The van der Waals surface area contributed by atoms with Crippen LogP contribution in [0.4, 0.5) is 18.9 Å². The number of piperidine rings is 1. The second kappa shape index (κ2) is 9.72. The Bertz CT molecular complexity index is 1400. The second-order valence-corrected chi connectivity index (χ2v) is 11.1. The molecule has 1 aromatic heterocycles. The molecular weight excluding hydrogens is 509 g/mol. The molecule has 2 saturated heterocycles. The lowest BCUT2D eigenvalue weighted by molar-refractivity contribution is -0.138. The first kappa shape index (κ1) is 26.0. The number of rotatable bonds is 6. The van der Waals surface area contributed by atoms with Crippen molar-refractivity contribution >= 4 is 11.6 Å². The van der Waals surface area contributed by atoms with Gasteiger partial charge in [-0.3, -0.25) is 9.69 Å². The summed E-state index contributed by atoms with van der Waals surface area (Å²) in [5, 5.41) is 8.18. The largest absolute Gasteiger partial charge is 0.416 e. The molecule has 3 aromatic rings. The fraction of sp³-hybridized carbons (Fsp3) is 0.464. The average Bonchev–Trinajstić information content (AvgIpc) is 3.43. The topological polar surface area (TPSA) is 89.5 Å². The number of carbonyl (C=O) groups excluding carboxylic acids is 1. The number of fused-ring (bicyclic) bond motifs is 1. The van der Waals surface area contributed by atoms with Crippen molar-refractivity contribution in [1.82, 2.24) is 19.7 Å². The van der Waals surface area contributed by atoms with Crippen molar-refractivity contribution in [2.75, 3.05) is 31.2 Å². The molecule has 3 aliphatic rings. The third-order valence-electron chi connectivity index (χ3n) is 8.18. The van der Waals surface area contributed by atoms with Gasteiger partial charge in [0, 0.05) is 49.3 Å². The van der Waals surface area contributed by atoms with Gasteiger partial charge in [-0.25, -0.2) is 0 Å². The Hall–Kier alpha value is -3.28. The number of halogens is 3. The van der Waals surface area contributed by atoms with E-state index in [2.05, 4.69) is 15.1 Å². The summed E-state index contributed by atoms with van der Waals surface area (Å²) in [4.78, 5) is 17.1. The summed E-state index contributed by atoms with van der Waals surface area (Å²) in [6.45, 7) is 2.58. The van der Waals surface area contributed by atoms with Crippen molar-refractivity contribution in [2.45, 2.75) is 50.0 Å². The van der Waals surface area contributed by atoms with Crippen LogP contribution in [-0.2, 0) is 42.9 Å². The molecule has 0 radical (unpaired) electrons. The quantitative estimate of drug-likeness (QED) is 0.516. The number of aromatic nitrogens is 3. The van der Waals surface area contributed by atoms with Crippen LogP contribution in [0.1, 0.15) is 51.3 Å². The van der Waals surface area contributed by atoms with E-state index >= 15 is 0 Å². The van der Waals surface area contributed by atoms with Crippen LogP contribution in [0.15, 0.2) is 42.7 Å². The molecule has 6 rings (SSSR count). The van der Waals surface area contributed by atoms with Crippen molar-refractivity contribution < 1.29 is 22.7 Å². The Kier molecular flexibility index (Phi) is 6.47. The van der Waals surface area contributed by atoms with Crippen LogP contribution < -0.4 is 10.6 Å². The lowest BCUT2D eigenvalue weighted by Crippen LogP contribution is -2.49. The molecule has 3 aliphatic heterocycles. The van der Waals surface area contributed by atoms with Crippen LogP contribution >= 0.6 is 0 Å². The molecule has 2 N–H and O–H groups in total. The molecule has 0 aliphatic carbocycles. The summed E-state index contributed by atoms with van der Waals surface area (Å²) < 4.78 is 50.1. The lowest BCUT2D eigenvalue weighted by Gasteiger charge is -2.42. The maximum atomic E-state index is 14.2. The Morgan fingerprint density at radius 1 is 1.21 bits per heavy atom. The fourth-order valence-electron chi connectivity index (χ4n) is 6.01. The monoisotopic (exact) mass is 540 g/mol. The molecular formula is C28H31F3N6O2. The molecule has 1 amide bonds. The molecule has 0 saturated carbocycles. The highest BCUT2D eigenvalue weighted by atomic mass is 19.4. The first-order valence-corrected chi connectivity index (χ1v) is 13.2. The number of ether oxygens (including phenoxy) is 1. The lowest BCUT2D eigenvalue weighted by atomic mass is 9.75. The first-order valence-electron chi connectivity index (χ1n) is 13.2. The van der Waals surface area contributed by atoms with E-state index in [1.807, 2.05) is 29.8 Å². The highest BCUT2D eigenvalue weighted by Gasteiger charge is 2.43. The number of nitrogens with zero attached hydrogens (tertiary/aromatic N) is 5. The highest BCUT2D eigenvalue weighted by molar-refractivity contribution is 6.10. The molecule has 0 unspecified atom stereocenters. The first-order chi connectivity index (χ1) is 18.6. The van der Waals surface area contributed by atoms with Crippen LogP contribution in [0.25, 0.3) is 0 Å². The van der Waals surface area contributed by atoms with E-state index in [1.54, 1.807) is 18.5 Å². The minimum Gasteiger partial charge on any atom is -0.379 e. The van der Waals surface area contributed by atoms with Crippen LogP contribution in [0.2, 0.25) is 0 Å². The van der Waals surface area contributed by atoms with E-state index in [4.69, 9.17) is 10.5 Å². The van der Waals surface area contributed by atoms with Crippen LogP contribution in [0.5, 0.6) is 0 Å². The molecule has 206 valence electrons.